The maximum absolute atomic E-state index is 11.1. The Morgan fingerprint density at radius 3 is 2.43 bits per heavy atom. The fraction of sp³-hybridized carbons (Fsp3) is 0.400. The van der Waals surface area contributed by atoms with Gasteiger partial charge in [0.25, 0.3) is 0 Å². The summed E-state index contributed by atoms with van der Waals surface area (Å²) in [6.45, 7) is 3.12. The van der Waals surface area contributed by atoms with Gasteiger partial charge in [-0.2, -0.15) is 0 Å². The molecule has 0 bridgehead atoms. The number of allylic oxidation sites excluding steroid dienone is 1. The van der Waals surface area contributed by atoms with Crippen molar-refractivity contribution >= 4 is 0 Å². The molecule has 0 aromatic heterocycles. The van der Waals surface area contributed by atoms with Gasteiger partial charge in [-0.05, 0) is 6.08 Å². The number of alkyl halides is 2. The van der Waals surface area contributed by atoms with Crippen molar-refractivity contribution in [3.05, 3.63) is 18.4 Å². The Morgan fingerprint density at radius 2 is 2.29 bits per heavy atom. The first-order valence-corrected chi connectivity index (χ1v) is 1.90. The van der Waals surface area contributed by atoms with Crippen LogP contribution in [-0.4, -0.2) is 6.43 Å². The highest BCUT2D eigenvalue weighted by atomic mass is 19.3. The Labute approximate surface area is 41.2 Å². The van der Waals surface area contributed by atoms with Crippen LogP contribution in [0.3, 0.4) is 0 Å². The first-order chi connectivity index (χ1) is 3.27. The van der Waals surface area contributed by atoms with E-state index in [1.54, 1.807) is 0 Å². The molecule has 0 saturated carbocycles. The largest absolute Gasteiger partial charge is 0.242 e. The summed E-state index contributed by atoms with van der Waals surface area (Å²) >= 11 is 0. The topological polar surface area (TPSA) is 0 Å². The fourth-order valence-electron chi connectivity index (χ4n) is 0.172. The predicted octanol–water partition coefficient (Wildman–Crippen LogP) is 1.98. The van der Waals surface area contributed by atoms with Gasteiger partial charge in [0.15, 0.2) is 0 Å². The lowest BCUT2D eigenvalue weighted by Gasteiger charge is -1.84. The van der Waals surface area contributed by atoms with Crippen LogP contribution in [0.5, 0.6) is 0 Å². The highest BCUT2D eigenvalue weighted by Crippen LogP contribution is 1.97. The summed E-state index contributed by atoms with van der Waals surface area (Å²) in [6.07, 6.45) is -1.28. The molecule has 0 N–H and O–H groups in total. The molecule has 0 amide bonds. The van der Waals surface area contributed by atoms with Crippen LogP contribution >= 0.6 is 0 Å². The van der Waals surface area contributed by atoms with E-state index in [0.29, 0.717) is 0 Å². The maximum atomic E-state index is 11.1. The molecule has 7 heavy (non-hydrogen) atoms. The molecule has 0 aromatic rings. The smallest absolute Gasteiger partial charge is 0.210 e. The summed E-state index contributed by atoms with van der Waals surface area (Å²) < 4.78 is 22.2. The molecule has 0 spiro atoms. The zero-order valence-electron chi connectivity index (χ0n) is 3.82. The summed E-state index contributed by atoms with van der Waals surface area (Å²) in [5.74, 6) is 0. The second-order valence-corrected chi connectivity index (χ2v) is 1.04. The Balaban J connectivity index is 3.13. The van der Waals surface area contributed by atoms with Gasteiger partial charge >= 0.3 is 0 Å². The average molecular weight is 104 g/mol. The van der Waals surface area contributed by atoms with Gasteiger partial charge in [0.05, 0.1) is 0 Å². The van der Waals surface area contributed by atoms with E-state index in [9.17, 15) is 8.78 Å². The van der Waals surface area contributed by atoms with Crippen molar-refractivity contribution in [1.29, 1.82) is 0 Å². The molecule has 2 heteroatoms. The lowest BCUT2D eigenvalue weighted by Crippen LogP contribution is -1.82. The standard InChI is InChI=1S/C5H6F2/c1-2-3-4-5(6)7/h3,5H,1,4H2. The second-order valence-electron chi connectivity index (χ2n) is 1.04. The zero-order valence-corrected chi connectivity index (χ0v) is 3.82. The molecular weight excluding hydrogens is 98.1 g/mol. The van der Waals surface area contributed by atoms with Crippen molar-refractivity contribution in [1.82, 2.24) is 0 Å². The van der Waals surface area contributed by atoms with Crippen LogP contribution in [0.15, 0.2) is 18.4 Å². The van der Waals surface area contributed by atoms with Crippen LogP contribution in [-0.2, 0) is 0 Å². The summed E-state index contributed by atoms with van der Waals surface area (Å²) in [6, 6.07) is 0. The minimum atomic E-state index is -2.26. The minimum absolute atomic E-state index is 0.233. The molecule has 0 fully saturated rings. The van der Waals surface area contributed by atoms with Crippen LogP contribution in [0.2, 0.25) is 0 Å². The van der Waals surface area contributed by atoms with Crippen LogP contribution < -0.4 is 0 Å². The first kappa shape index (κ1) is 6.38. The lowest BCUT2D eigenvalue weighted by molar-refractivity contribution is 0.152. The van der Waals surface area contributed by atoms with Crippen molar-refractivity contribution < 1.29 is 8.78 Å². The number of rotatable bonds is 2. The molecule has 0 aliphatic heterocycles. The highest BCUT2D eigenvalue weighted by molar-refractivity contribution is 4.75. The van der Waals surface area contributed by atoms with Crippen LogP contribution in [0.4, 0.5) is 8.78 Å². The molecular formula is C5H6F2. The number of hydrogen-bond acceptors (Lipinski definition) is 0. The average Bonchev–Trinajstić information content (AvgIpc) is 1.61. The van der Waals surface area contributed by atoms with E-state index in [1.807, 2.05) is 0 Å². The zero-order chi connectivity index (χ0) is 5.70. The molecule has 0 heterocycles. The SMILES string of the molecule is C=C=CCC(F)F. The normalized spacial score (nSPS) is 8.43. The van der Waals surface area contributed by atoms with Crippen molar-refractivity contribution in [2.24, 2.45) is 0 Å². The Hall–Kier alpha value is -0.620. The second kappa shape index (κ2) is 3.57. The van der Waals surface area contributed by atoms with Crippen molar-refractivity contribution in [2.75, 3.05) is 0 Å². The molecule has 40 valence electrons. The van der Waals surface area contributed by atoms with Crippen molar-refractivity contribution in [3.8, 4) is 0 Å². The van der Waals surface area contributed by atoms with E-state index >= 15 is 0 Å². The summed E-state index contributed by atoms with van der Waals surface area (Å²) in [7, 11) is 0. The van der Waals surface area contributed by atoms with E-state index in [1.165, 1.54) is 6.08 Å². The third kappa shape index (κ3) is 5.38. The third-order valence-corrected chi connectivity index (χ3v) is 0.440. The van der Waals surface area contributed by atoms with Gasteiger partial charge in [-0.15, -0.1) is 5.73 Å². The van der Waals surface area contributed by atoms with E-state index in [-0.39, 0.29) is 6.42 Å². The number of halogens is 2. The van der Waals surface area contributed by atoms with Gasteiger partial charge in [-0.3, -0.25) is 0 Å². The van der Waals surface area contributed by atoms with E-state index in [0.717, 1.165) is 0 Å². The molecule has 0 nitrogen and oxygen atoms in total. The van der Waals surface area contributed by atoms with Gasteiger partial charge in [-0.25, -0.2) is 8.78 Å². The maximum Gasteiger partial charge on any atom is 0.242 e. The van der Waals surface area contributed by atoms with E-state index in [4.69, 9.17) is 0 Å². The lowest BCUT2D eigenvalue weighted by atomic mass is 10.4. The van der Waals surface area contributed by atoms with Gasteiger partial charge in [0.1, 0.15) is 0 Å². The van der Waals surface area contributed by atoms with Gasteiger partial charge in [0, 0.05) is 6.42 Å². The van der Waals surface area contributed by atoms with E-state index in [2.05, 4.69) is 12.3 Å². The predicted molar refractivity (Wildman–Crippen MR) is 24.3 cm³/mol. The van der Waals surface area contributed by atoms with Crippen LogP contribution in [0.1, 0.15) is 6.42 Å². The van der Waals surface area contributed by atoms with Gasteiger partial charge < -0.3 is 0 Å². The van der Waals surface area contributed by atoms with Crippen LogP contribution in [0.25, 0.3) is 0 Å². The molecule has 0 aliphatic carbocycles. The van der Waals surface area contributed by atoms with Crippen LogP contribution in [0, 0.1) is 0 Å². The Bertz CT molecular complexity index is 80.1. The molecule has 0 rings (SSSR count). The monoisotopic (exact) mass is 104 g/mol. The molecule has 0 atom stereocenters. The first-order valence-electron chi connectivity index (χ1n) is 1.90. The molecule has 0 unspecified atom stereocenters. The minimum Gasteiger partial charge on any atom is -0.210 e. The summed E-state index contributed by atoms with van der Waals surface area (Å²) in [5, 5.41) is 0. The molecule has 0 saturated heterocycles. The summed E-state index contributed by atoms with van der Waals surface area (Å²) in [4.78, 5) is 0. The Morgan fingerprint density at radius 1 is 1.71 bits per heavy atom. The van der Waals surface area contributed by atoms with Crippen molar-refractivity contribution in [2.45, 2.75) is 12.8 Å². The van der Waals surface area contributed by atoms with E-state index < -0.39 is 6.43 Å². The fourth-order valence-corrected chi connectivity index (χ4v) is 0.172. The quantitative estimate of drug-likeness (QED) is 0.470. The molecule has 0 radical (unpaired) electrons. The highest BCUT2D eigenvalue weighted by Gasteiger charge is 1.94. The molecule has 0 aliphatic rings. The molecule has 0 aromatic carbocycles. The third-order valence-electron chi connectivity index (χ3n) is 0.440. The Kier molecular flexibility index (Phi) is 3.25. The summed E-state index contributed by atoms with van der Waals surface area (Å²) in [5.41, 5.74) is 2.24. The number of hydrogen-bond donors (Lipinski definition) is 0. The van der Waals surface area contributed by atoms with Gasteiger partial charge in [0.2, 0.25) is 6.43 Å². The van der Waals surface area contributed by atoms with Crippen molar-refractivity contribution in [3.63, 3.8) is 0 Å². The van der Waals surface area contributed by atoms with Gasteiger partial charge in [-0.1, -0.05) is 6.58 Å².